The van der Waals surface area contributed by atoms with Gasteiger partial charge in [0.2, 0.25) is 0 Å². The lowest BCUT2D eigenvalue weighted by atomic mass is 9.75. The number of rotatable bonds is 10. The molecular weight excluding hydrogens is 997 g/mol. The molecule has 4 amide bonds. The number of hydrogen-bond acceptors (Lipinski definition) is 8. The molecule has 4 aromatic rings. The summed E-state index contributed by atoms with van der Waals surface area (Å²) in [5.41, 5.74) is 11.1. The first kappa shape index (κ1) is 52.0. The predicted octanol–water partition coefficient (Wildman–Crippen LogP) is 11.8. The van der Waals surface area contributed by atoms with Crippen LogP contribution in [0.3, 0.4) is 0 Å². The molecule has 10 nitrogen and oxygen atoms in total. The third-order valence-corrected chi connectivity index (χ3v) is 17.6. The van der Waals surface area contributed by atoms with Gasteiger partial charge < -0.3 is 18.9 Å². The number of benzene rings is 4. The SMILES string of the molecule is CC(C)c1cc(OC2CCCCO2)cc(C(C)C)c1N1C(=O)c2cc3c(cc2C1=O)=C[C@H]1C=C2/C=C\C4=C[C@H]5C=c6cc7c(cc6=CC5C=C4/C=C\C2=CC1C=3)C(=O)N(c1c(C(C)C)cc(OC2CCCCO2)cc1C(C)C)C7=O. The molecule has 2 fully saturated rings. The van der Waals surface area contributed by atoms with E-state index in [0.29, 0.717) is 58.3 Å². The number of nitrogens with zero attached hydrogens (tertiary/aromatic N) is 2. The molecule has 10 heteroatoms. The van der Waals surface area contributed by atoms with Crippen LogP contribution in [0.15, 0.2) is 119 Å². The van der Waals surface area contributed by atoms with E-state index in [4.69, 9.17) is 18.9 Å². The quantitative estimate of drug-likeness (QED) is 0.144. The van der Waals surface area contributed by atoms with Crippen molar-refractivity contribution in [3.05, 3.63) is 185 Å². The average molecular weight is 1070 g/mol. The minimum Gasteiger partial charge on any atom is -0.465 e. The second-order valence-corrected chi connectivity index (χ2v) is 24.4. The highest BCUT2D eigenvalue weighted by Crippen LogP contribution is 2.45. The summed E-state index contributed by atoms with van der Waals surface area (Å²) in [6.07, 6.45) is 32.3. The maximum absolute atomic E-state index is 14.6. The van der Waals surface area contributed by atoms with Gasteiger partial charge in [-0.25, -0.2) is 9.80 Å². The summed E-state index contributed by atoms with van der Waals surface area (Å²) >= 11 is 0. The first-order valence-electron chi connectivity index (χ1n) is 29.3. The molecule has 5 aliphatic carbocycles. The van der Waals surface area contributed by atoms with E-state index < -0.39 is 0 Å². The van der Waals surface area contributed by atoms with Gasteiger partial charge in [-0.3, -0.25) is 19.2 Å². The molecule has 4 heterocycles. The summed E-state index contributed by atoms with van der Waals surface area (Å²) in [5.74, 6) is 0.462. The molecule has 4 aliphatic heterocycles. The smallest absolute Gasteiger partial charge is 0.266 e. The predicted molar refractivity (Wildman–Crippen MR) is 314 cm³/mol. The molecule has 0 spiro atoms. The van der Waals surface area contributed by atoms with Crippen LogP contribution in [0.1, 0.15) is 181 Å². The molecule has 4 aromatic carbocycles. The van der Waals surface area contributed by atoms with Crippen molar-refractivity contribution in [2.45, 2.75) is 130 Å². The molecule has 9 aliphatic rings. The molecule has 0 aromatic heterocycles. The van der Waals surface area contributed by atoms with Crippen LogP contribution in [0.4, 0.5) is 11.4 Å². The number of fused-ring (bicyclic) bond motifs is 8. The molecule has 4 unspecified atom stereocenters. The molecule has 6 atom stereocenters. The van der Waals surface area contributed by atoms with E-state index in [2.05, 4.69) is 128 Å². The van der Waals surface area contributed by atoms with Gasteiger partial charge in [-0.05, 0) is 163 Å². The summed E-state index contributed by atoms with van der Waals surface area (Å²) < 4.78 is 24.6. The van der Waals surface area contributed by atoms with Crippen LogP contribution in [0.5, 0.6) is 11.5 Å². The second-order valence-electron chi connectivity index (χ2n) is 24.4. The molecule has 2 saturated heterocycles. The molecule has 80 heavy (non-hydrogen) atoms. The Morgan fingerprint density at radius 2 is 0.662 bits per heavy atom. The number of hydrogen-bond donors (Lipinski definition) is 0. The molecule has 0 N–H and O–H groups in total. The molecular formula is C70H70N2O8. The van der Waals surface area contributed by atoms with Crippen LogP contribution in [0, 0.1) is 23.7 Å². The zero-order valence-corrected chi connectivity index (χ0v) is 47.1. The zero-order chi connectivity index (χ0) is 55.4. The van der Waals surface area contributed by atoms with Gasteiger partial charge in [0, 0.05) is 36.5 Å². The van der Waals surface area contributed by atoms with Crippen LogP contribution in [0.25, 0.3) is 24.3 Å². The molecule has 0 saturated carbocycles. The molecule has 0 radical (unpaired) electrons. The fraction of sp³-hybridized carbons (Fsp3) is 0.371. The Morgan fingerprint density at radius 3 is 0.900 bits per heavy atom. The summed E-state index contributed by atoms with van der Waals surface area (Å²) in [6, 6.07) is 15.7. The van der Waals surface area contributed by atoms with Crippen molar-refractivity contribution >= 4 is 59.3 Å². The fourth-order valence-electron chi connectivity index (χ4n) is 13.3. The van der Waals surface area contributed by atoms with Gasteiger partial charge in [-0.2, -0.15) is 0 Å². The minimum atomic E-state index is -0.313. The van der Waals surface area contributed by atoms with Gasteiger partial charge in [-0.1, -0.05) is 128 Å². The maximum atomic E-state index is 14.6. The number of amides is 4. The van der Waals surface area contributed by atoms with Crippen LogP contribution < -0.4 is 40.1 Å². The Morgan fingerprint density at radius 1 is 0.388 bits per heavy atom. The lowest BCUT2D eigenvalue weighted by Crippen LogP contribution is -2.34. The summed E-state index contributed by atoms with van der Waals surface area (Å²) in [7, 11) is 0. The van der Waals surface area contributed by atoms with Crippen molar-refractivity contribution in [3.8, 4) is 11.5 Å². The number of allylic oxidation sites excluding steroid dienone is 12. The first-order valence-corrected chi connectivity index (χ1v) is 29.3. The Labute approximate surface area is 468 Å². The van der Waals surface area contributed by atoms with Crippen molar-refractivity contribution in [2.24, 2.45) is 23.7 Å². The van der Waals surface area contributed by atoms with E-state index in [1.807, 2.05) is 48.5 Å². The highest BCUT2D eigenvalue weighted by molar-refractivity contribution is 6.36. The molecule has 13 rings (SSSR count). The van der Waals surface area contributed by atoms with E-state index in [1.165, 1.54) is 9.80 Å². The second kappa shape index (κ2) is 20.3. The highest BCUT2D eigenvalue weighted by atomic mass is 16.7. The standard InChI is InChI=1S/C70H70N2O8/c1-37(2)55-33-53(79-63-13-9-11-19-77-63)34-56(38(3)4)65(55)71-67(73)59-29-49-25-45-21-41-15-17-43-23-47-27-51-31-61-62(32-52(51)28-48(47)24-44(43)18-16-42(41)22-46(45)26-50(49)30-60(59)68(71)74)70(76)72(69(61)75)66-57(39(5)6)35-54(36-58(66)40(7)8)80-64-14-10-12-20-78-64/h15-18,21-40,45-48,63-64H,9-14,19-20H2,1-8H3/b17-15-,18-16-/t45-,46?,47+,48?,63?,64?. The van der Waals surface area contributed by atoms with Gasteiger partial charge in [-0.15, -0.1) is 0 Å². The maximum Gasteiger partial charge on any atom is 0.266 e. The summed E-state index contributed by atoms with van der Waals surface area (Å²) in [6.45, 7) is 18.1. The van der Waals surface area contributed by atoms with Crippen LogP contribution >= 0.6 is 0 Å². The Kier molecular flexibility index (Phi) is 13.2. The van der Waals surface area contributed by atoms with Crippen molar-refractivity contribution in [3.63, 3.8) is 0 Å². The average Bonchev–Trinajstić information content (AvgIpc) is 4.03. The van der Waals surface area contributed by atoms with E-state index in [1.54, 1.807) is 0 Å². The normalized spacial score (nSPS) is 25.1. The third-order valence-electron chi connectivity index (χ3n) is 17.6. The van der Waals surface area contributed by atoms with Crippen molar-refractivity contribution < 1.29 is 38.1 Å². The largest absolute Gasteiger partial charge is 0.465 e. The number of imide groups is 2. The lowest BCUT2D eigenvalue weighted by molar-refractivity contribution is -0.106. The van der Waals surface area contributed by atoms with Crippen molar-refractivity contribution in [1.29, 1.82) is 0 Å². The van der Waals surface area contributed by atoms with Crippen LogP contribution in [-0.4, -0.2) is 49.4 Å². The Hall–Kier alpha value is -7.40. The van der Waals surface area contributed by atoms with Crippen molar-refractivity contribution in [2.75, 3.05) is 23.0 Å². The summed E-state index contributed by atoms with van der Waals surface area (Å²) in [4.78, 5) is 61.4. The topological polar surface area (TPSA) is 112 Å². The van der Waals surface area contributed by atoms with E-state index in [-0.39, 0.29) is 83.6 Å². The van der Waals surface area contributed by atoms with Crippen LogP contribution in [-0.2, 0) is 9.47 Å². The number of anilines is 2. The first-order chi connectivity index (χ1) is 38.6. The van der Waals surface area contributed by atoms with Gasteiger partial charge >= 0.3 is 0 Å². The minimum absolute atomic E-state index is 0.0159. The fourth-order valence-corrected chi connectivity index (χ4v) is 13.3. The zero-order valence-electron chi connectivity index (χ0n) is 47.1. The third kappa shape index (κ3) is 9.03. The van der Waals surface area contributed by atoms with Crippen molar-refractivity contribution in [1.82, 2.24) is 0 Å². The van der Waals surface area contributed by atoms with Gasteiger partial charge in [0.25, 0.3) is 23.6 Å². The van der Waals surface area contributed by atoms with Gasteiger partial charge in [0.15, 0.2) is 12.6 Å². The van der Waals surface area contributed by atoms with E-state index >= 15 is 0 Å². The Bertz CT molecular complexity index is 3360. The number of carbonyl (C=O) groups excluding carboxylic acids is 4. The van der Waals surface area contributed by atoms with Gasteiger partial charge in [0.05, 0.1) is 46.8 Å². The van der Waals surface area contributed by atoms with Crippen LogP contribution in [0.2, 0.25) is 0 Å². The molecule has 408 valence electrons. The number of ether oxygens (including phenoxy) is 4. The van der Waals surface area contributed by atoms with Gasteiger partial charge in [0.1, 0.15) is 11.5 Å². The van der Waals surface area contributed by atoms with E-state index in [0.717, 1.165) is 104 Å². The summed E-state index contributed by atoms with van der Waals surface area (Å²) in [5, 5.41) is 3.78. The highest BCUT2D eigenvalue weighted by Gasteiger charge is 2.42. The molecule has 0 bridgehead atoms. The monoisotopic (exact) mass is 1070 g/mol. The number of carbonyl (C=O) groups is 4. The lowest BCUT2D eigenvalue weighted by Gasteiger charge is -2.28. The Balaban J connectivity index is 0.780. The van der Waals surface area contributed by atoms with E-state index in [9.17, 15) is 19.2 Å².